The number of aryl methyl sites for hydroxylation is 1. The van der Waals surface area contributed by atoms with Crippen molar-refractivity contribution in [2.75, 3.05) is 10.6 Å². The number of aromatic amines is 1. The topological polar surface area (TPSA) is 139 Å². The molecule has 2 amide bonds. The van der Waals surface area contributed by atoms with Crippen LogP contribution < -0.4 is 10.6 Å². The Hall–Kier alpha value is -4.55. The molecule has 0 fully saturated rings. The highest BCUT2D eigenvalue weighted by atomic mass is 19.4. The maximum atomic E-state index is 12.9. The Morgan fingerprint density at radius 2 is 1.79 bits per heavy atom. The summed E-state index contributed by atoms with van der Waals surface area (Å²) in [5.74, 6) is -0.265. The number of alkyl halides is 3. The van der Waals surface area contributed by atoms with E-state index >= 15 is 0 Å². The van der Waals surface area contributed by atoms with Crippen molar-refractivity contribution in [1.29, 1.82) is 0 Å². The van der Waals surface area contributed by atoms with Crippen molar-refractivity contribution in [2.45, 2.75) is 19.0 Å². The number of nitrogens with one attached hydrogen (secondary N) is 3. The van der Waals surface area contributed by atoms with Crippen LogP contribution in [0.3, 0.4) is 0 Å². The Kier molecular flexibility index (Phi) is 6.34. The summed E-state index contributed by atoms with van der Waals surface area (Å²) in [4.78, 5) is 32.7. The lowest BCUT2D eigenvalue weighted by Gasteiger charge is -2.10. The van der Waals surface area contributed by atoms with Gasteiger partial charge in [-0.05, 0) is 36.4 Å². The minimum Gasteiger partial charge on any atom is -0.339 e. The van der Waals surface area contributed by atoms with Crippen LogP contribution in [0.5, 0.6) is 0 Å². The van der Waals surface area contributed by atoms with Gasteiger partial charge in [0.1, 0.15) is 6.33 Å². The van der Waals surface area contributed by atoms with E-state index in [-0.39, 0.29) is 36.0 Å². The smallest absolute Gasteiger partial charge is 0.339 e. The van der Waals surface area contributed by atoms with Gasteiger partial charge in [-0.3, -0.25) is 14.7 Å². The van der Waals surface area contributed by atoms with Gasteiger partial charge in [0.25, 0.3) is 5.91 Å². The second kappa shape index (κ2) is 9.52. The summed E-state index contributed by atoms with van der Waals surface area (Å²) < 4.78 is 43.7. The molecule has 2 aromatic carbocycles. The fraction of sp³-hybridized carbons (Fsp3) is 0.143. The van der Waals surface area contributed by atoms with Crippen molar-refractivity contribution in [2.24, 2.45) is 0 Å². The number of aromatic nitrogens is 5. The molecule has 13 heteroatoms. The molecule has 0 aliphatic heterocycles. The summed E-state index contributed by atoms with van der Waals surface area (Å²) in [6.45, 7) is 0. The summed E-state index contributed by atoms with van der Waals surface area (Å²) >= 11 is 0. The number of halogens is 3. The number of benzene rings is 2. The molecule has 0 aliphatic rings. The molecule has 174 valence electrons. The third-order valence-corrected chi connectivity index (χ3v) is 4.52. The van der Waals surface area contributed by atoms with E-state index in [1.54, 1.807) is 18.2 Å². The first kappa shape index (κ1) is 22.6. The van der Waals surface area contributed by atoms with Crippen molar-refractivity contribution >= 4 is 23.2 Å². The van der Waals surface area contributed by atoms with E-state index < -0.39 is 17.6 Å². The first-order valence-electron chi connectivity index (χ1n) is 9.85. The Balaban J connectivity index is 1.33. The van der Waals surface area contributed by atoms with Crippen LogP contribution in [0.2, 0.25) is 0 Å². The van der Waals surface area contributed by atoms with Crippen LogP contribution in [0, 0.1) is 0 Å². The van der Waals surface area contributed by atoms with Crippen LogP contribution >= 0.6 is 0 Å². The number of carbonyl (C=O) groups is 2. The highest BCUT2D eigenvalue weighted by Gasteiger charge is 2.30. The zero-order valence-electron chi connectivity index (χ0n) is 17.3. The Labute approximate surface area is 189 Å². The average Bonchev–Trinajstić information content (AvgIpc) is 3.49. The highest BCUT2D eigenvalue weighted by Crippen LogP contribution is 2.29. The molecule has 0 aliphatic carbocycles. The second-order valence-corrected chi connectivity index (χ2v) is 7.01. The number of anilines is 2. The zero-order valence-corrected chi connectivity index (χ0v) is 17.3. The normalized spacial score (nSPS) is 11.3. The Bertz CT molecular complexity index is 1300. The van der Waals surface area contributed by atoms with Gasteiger partial charge in [0.05, 0.1) is 5.56 Å². The predicted molar refractivity (Wildman–Crippen MR) is 112 cm³/mol. The molecule has 2 heterocycles. The molecular formula is C21H16F3N7O3. The molecule has 0 unspecified atom stereocenters. The lowest BCUT2D eigenvalue weighted by atomic mass is 10.1. The second-order valence-electron chi connectivity index (χ2n) is 7.01. The van der Waals surface area contributed by atoms with Crippen molar-refractivity contribution in [3.05, 3.63) is 71.9 Å². The summed E-state index contributed by atoms with van der Waals surface area (Å²) in [5, 5.41) is 15.2. The number of rotatable bonds is 7. The number of nitrogens with zero attached hydrogens (tertiary/aromatic N) is 4. The number of carbonyl (C=O) groups excluding carboxylic acids is 2. The summed E-state index contributed by atoms with van der Waals surface area (Å²) in [6.07, 6.45) is -3.04. The van der Waals surface area contributed by atoms with E-state index in [9.17, 15) is 22.8 Å². The van der Waals surface area contributed by atoms with E-state index in [0.29, 0.717) is 17.2 Å². The van der Waals surface area contributed by atoms with E-state index in [4.69, 9.17) is 4.52 Å². The fourth-order valence-corrected chi connectivity index (χ4v) is 2.92. The molecule has 4 aromatic rings. The van der Waals surface area contributed by atoms with Crippen molar-refractivity contribution in [3.63, 3.8) is 0 Å². The van der Waals surface area contributed by atoms with E-state index in [2.05, 4.69) is 36.0 Å². The van der Waals surface area contributed by atoms with Gasteiger partial charge < -0.3 is 15.2 Å². The average molecular weight is 471 g/mol. The third kappa shape index (κ3) is 5.62. The van der Waals surface area contributed by atoms with Gasteiger partial charge in [-0.2, -0.15) is 23.3 Å². The molecule has 0 radical (unpaired) electrons. The fourth-order valence-electron chi connectivity index (χ4n) is 2.92. The summed E-state index contributed by atoms with van der Waals surface area (Å²) in [5.41, 5.74) is -0.377. The maximum absolute atomic E-state index is 12.9. The van der Waals surface area contributed by atoms with Crippen LogP contribution in [-0.2, 0) is 17.4 Å². The van der Waals surface area contributed by atoms with Crippen LogP contribution in [0.15, 0.2) is 59.4 Å². The predicted octanol–water partition coefficient (Wildman–Crippen LogP) is 3.70. The lowest BCUT2D eigenvalue weighted by molar-refractivity contribution is -0.137. The van der Waals surface area contributed by atoms with E-state index in [0.717, 1.165) is 18.2 Å². The van der Waals surface area contributed by atoms with Crippen LogP contribution in [0.25, 0.3) is 11.6 Å². The molecule has 0 spiro atoms. The number of hydrogen-bond donors (Lipinski definition) is 3. The minimum atomic E-state index is -4.56. The van der Waals surface area contributed by atoms with Gasteiger partial charge in [0.2, 0.25) is 17.6 Å². The van der Waals surface area contributed by atoms with Gasteiger partial charge in [-0.25, -0.2) is 4.98 Å². The molecule has 0 bridgehead atoms. The van der Waals surface area contributed by atoms with E-state index in [1.165, 1.54) is 18.5 Å². The van der Waals surface area contributed by atoms with Gasteiger partial charge >= 0.3 is 6.18 Å². The van der Waals surface area contributed by atoms with Gasteiger partial charge in [0, 0.05) is 29.8 Å². The first-order valence-corrected chi connectivity index (χ1v) is 9.85. The number of H-pyrrole nitrogens is 1. The Morgan fingerprint density at radius 3 is 2.53 bits per heavy atom. The SMILES string of the molecule is O=C(CCc1nc(-c2ncn[nH]2)no1)Nc1cccc(NC(=O)c2cccc(C(F)(F)F)c2)c1. The standard InChI is InChI=1S/C21H16F3N7O3/c22-21(23,24)13-4-1-3-12(9-13)20(33)28-15-6-2-5-14(10-15)27-16(32)7-8-17-29-19(31-34-17)18-25-11-26-30-18/h1-6,9-11H,7-8H2,(H,27,32)(H,28,33)(H,25,26,30). The van der Waals surface area contributed by atoms with Gasteiger partial charge in [-0.15, -0.1) is 0 Å². The third-order valence-electron chi connectivity index (χ3n) is 4.52. The van der Waals surface area contributed by atoms with E-state index in [1.807, 2.05) is 0 Å². The molecule has 10 nitrogen and oxygen atoms in total. The van der Waals surface area contributed by atoms with Crippen molar-refractivity contribution in [1.82, 2.24) is 25.3 Å². The molecule has 3 N–H and O–H groups in total. The molecule has 34 heavy (non-hydrogen) atoms. The van der Waals surface area contributed by atoms with Crippen LogP contribution in [0.1, 0.15) is 28.2 Å². The Morgan fingerprint density at radius 1 is 1.03 bits per heavy atom. The lowest BCUT2D eigenvalue weighted by Crippen LogP contribution is -2.15. The molecular weight excluding hydrogens is 455 g/mol. The maximum Gasteiger partial charge on any atom is 0.416 e. The molecule has 4 rings (SSSR count). The quantitative estimate of drug-likeness (QED) is 0.374. The molecule has 0 saturated heterocycles. The van der Waals surface area contributed by atoms with Crippen LogP contribution in [-0.4, -0.2) is 37.1 Å². The van der Waals surface area contributed by atoms with Crippen molar-refractivity contribution < 1.29 is 27.3 Å². The number of amides is 2. The summed E-state index contributed by atoms with van der Waals surface area (Å²) in [6, 6.07) is 10.3. The minimum absolute atomic E-state index is 0.0405. The van der Waals surface area contributed by atoms with Gasteiger partial charge in [-0.1, -0.05) is 17.3 Å². The van der Waals surface area contributed by atoms with Crippen LogP contribution in [0.4, 0.5) is 24.5 Å². The zero-order chi connectivity index (χ0) is 24.1. The molecule has 0 atom stereocenters. The first-order chi connectivity index (χ1) is 16.3. The van der Waals surface area contributed by atoms with Gasteiger partial charge in [0.15, 0.2) is 5.82 Å². The molecule has 2 aromatic heterocycles. The largest absolute Gasteiger partial charge is 0.416 e. The highest BCUT2D eigenvalue weighted by molar-refractivity contribution is 6.04. The monoisotopic (exact) mass is 471 g/mol. The number of hydrogen-bond acceptors (Lipinski definition) is 7. The molecule has 0 saturated carbocycles. The summed E-state index contributed by atoms with van der Waals surface area (Å²) in [7, 11) is 0. The van der Waals surface area contributed by atoms with Crippen molar-refractivity contribution in [3.8, 4) is 11.6 Å².